The van der Waals surface area contributed by atoms with E-state index >= 15 is 0 Å². The Morgan fingerprint density at radius 1 is 1.10 bits per heavy atom. The summed E-state index contributed by atoms with van der Waals surface area (Å²) in [5, 5.41) is 2.87. The van der Waals surface area contributed by atoms with E-state index in [0.717, 1.165) is 0 Å². The summed E-state index contributed by atoms with van der Waals surface area (Å²) < 4.78 is 33.3. The molecule has 0 fully saturated rings. The standard InChI is InChI=1S/C14H15BrN2O3S/c1-16-12-5-3-4-6-14(12)21(18,19)17-13-9-10(20-2)7-8-11(13)15/h3-9,16-17H,1-2H3. The summed E-state index contributed by atoms with van der Waals surface area (Å²) in [6.07, 6.45) is 0. The van der Waals surface area contributed by atoms with Gasteiger partial charge >= 0.3 is 0 Å². The fraction of sp³-hybridized carbons (Fsp3) is 0.143. The summed E-state index contributed by atoms with van der Waals surface area (Å²) in [6, 6.07) is 11.8. The molecule has 0 aliphatic heterocycles. The first-order valence-electron chi connectivity index (χ1n) is 6.11. The van der Waals surface area contributed by atoms with Gasteiger partial charge in [-0.15, -0.1) is 0 Å². The second kappa shape index (κ2) is 6.36. The molecule has 0 heterocycles. The fourth-order valence-corrected chi connectivity index (χ4v) is 3.58. The minimum atomic E-state index is -3.70. The first-order valence-corrected chi connectivity index (χ1v) is 8.38. The summed E-state index contributed by atoms with van der Waals surface area (Å²) in [5.41, 5.74) is 0.948. The van der Waals surface area contributed by atoms with E-state index in [4.69, 9.17) is 4.74 Å². The number of nitrogens with one attached hydrogen (secondary N) is 2. The van der Waals surface area contributed by atoms with Gasteiger partial charge in [-0.25, -0.2) is 8.42 Å². The third-order valence-corrected chi connectivity index (χ3v) is 4.98. The minimum Gasteiger partial charge on any atom is -0.497 e. The lowest BCUT2D eigenvalue weighted by atomic mass is 10.3. The van der Waals surface area contributed by atoms with Crippen molar-refractivity contribution in [3.05, 3.63) is 46.9 Å². The summed E-state index contributed by atoms with van der Waals surface area (Å²) in [5.74, 6) is 0.567. The van der Waals surface area contributed by atoms with Crippen LogP contribution in [0.3, 0.4) is 0 Å². The number of methoxy groups -OCH3 is 1. The van der Waals surface area contributed by atoms with E-state index in [1.54, 1.807) is 49.5 Å². The van der Waals surface area contributed by atoms with Gasteiger partial charge in [0.15, 0.2) is 0 Å². The molecule has 2 rings (SSSR count). The van der Waals surface area contributed by atoms with Crippen LogP contribution < -0.4 is 14.8 Å². The van der Waals surface area contributed by atoms with Crippen LogP contribution in [0.15, 0.2) is 51.8 Å². The van der Waals surface area contributed by atoms with Crippen LogP contribution in [-0.2, 0) is 10.0 Å². The Labute approximate surface area is 132 Å². The summed E-state index contributed by atoms with van der Waals surface area (Å²) in [7, 11) is -0.500. The Balaban J connectivity index is 2.42. The van der Waals surface area contributed by atoms with Crippen LogP contribution in [0.1, 0.15) is 0 Å². The molecule has 2 N–H and O–H groups in total. The zero-order valence-electron chi connectivity index (χ0n) is 11.6. The van der Waals surface area contributed by atoms with Crippen LogP contribution in [0.2, 0.25) is 0 Å². The Kier molecular flexibility index (Phi) is 4.74. The molecule has 2 aromatic rings. The molecule has 0 radical (unpaired) electrons. The quantitative estimate of drug-likeness (QED) is 0.847. The van der Waals surface area contributed by atoms with Gasteiger partial charge in [-0.05, 0) is 40.2 Å². The number of anilines is 2. The molecule has 2 aromatic carbocycles. The molecule has 0 aromatic heterocycles. The zero-order chi connectivity index (χ0) is 15.5. The Morgan fingerprint density at radius 2 is 1.81 bits per heavy atom. The molecule has 0 amide bonds. The van der Waals surface area contributed by atoms with E-state index in [9.17, 15) is 8.42 Å². The van der Waals surface area contributed by atoms with E-state index in [2.05, 4.69) is 26.0 Å². The predicted molar refractivity (Wildman–Crippen MR) is 87.5 cm³/mol. The van der Waals surface area contributed by atoms with Crippen LogP contribution >= 0.6 is 15.9 Å². The second-order valence-electron chi connectivity index (χ2n) is 4.20. The highest BCUT2D eigenvalue weighted by atomic mass is 79.9. The minimum absolute atomic E-state index is 0.183. The number of hydrogen-bond donors (Lipinski definition) is 2. The first-order chi connectivity index (χ1) is 9.97. The molecule has 0 saturated carbocycles. The highest BCUT2D eigenvalue weighted by molar-refractivity contribution is 9.10. The van der Waals surface area contributed by atoms with E-state index in [1.165, 1.54) is 7.11 Å². The average Bonchev–Trinajstić information content (AvgIpc) is 2.49. The number of halogens is 1. The normalized spacial score (nSPS) is 11.0. The van der Waals surface area contributed by atoms with Crippen molar-refractivity contribution in [3.8, 4) is 5.75 Å². The molecule has 21 heavy (non-hydrogen) atoms. The molecule has 0 bridgehead atoms. The van der Waals surface area contributed by atoms with Crippen LogP contribution in [0.25, 0.3) is 0 Å². The largest absolute Gasteiger partial charge is 0.497 e. The number of para-hydroxylation sites is 1. The van der Waals surface area contributed by atoms with Gasteiger partial charge in [0, 0.05) is 17.6 Å². The van der Waals surface area contributed by atoms with Gasteiger partial charge in [-0.3, -0.25) is 4.72 Å². The fourth-order valence-electron chi connectivity index (χ4n) is 1.82. The summed E-state index contributed by atoms with van der Waals surface area (Å²) in [4.78, 5) is 0.183. The molecule has 0 unspecified atom stereocenters. The first kappa shape index (κ1) is 15.7. The van der Waals surface area contributed by atoms with Crippen molar-refractivity contribution in [2.24, 2.45) is 0 Å². The maximum Gasteiger partial charge on any atom is 0.263 e. The van der Waals surface area contributed by atoms with Gasteiger partial charge in [-0.1, -0.05) is 12.1 Å². The van der Waals surface area contributed by atoms with Crippen LogP contribution in [-0.4, -0.2) is 22.6 Å². The third kappa shape index (κ3) is 3.48. The summed E-state index contributed by atoms with van der Waals surface area (Å²) >= 11 is 3.32. The van der Waals surface area contributed by atoms with Gasteiger partial charge in [-0.2, -0.15) is 0 Å². The Hall–Kier alpha value is -1.73. The van der Waals surface area contributed by atoms with Gasteiger partial charge in [0.25, 0.3) is 10.0 Å². The molecule has 0 spiro atoms. The highest BCUT2D eigenvalue weighted by Gasteiger charge is 2.19. The molecular weight excluding hydrogens is 356 g/mol. The zero-order valence-corrected chi connectivity index (χ0v) is 14.0. The van der Waals surface area contributed by atoms with E-state index < -0.39 is 10.0 Å². The molecule has 112 valence electrons. The second-order valence-corrected chi connectivity index (χ2v) is 6.70. The van der Waals surface area contributed by atoms with Crippen molar-refractivity contribution in [2.75, 3.05) is 24.2 Å². The smallest absolute Gasteiger partial charge is 0.263 e. The number of rotatable bonds is 5. The lowest BCUT2D eigenvalue weighted by Gasteiger charge is -2.13. The Morgan fingerprint density at radius 3 is 2.48 bits per heavy atom. The van der Waals surface area contributed by atoms with Crippen molar-refractivity contribution < 1.29 is 13.2 Å². The SMILES string of the molecule is CNc1ccccc1S(=O)(=O)Nc1cc(OC)ccc1Br. The van der Waals surface area contributed by atoms with Gasteiger partial charge in [0.05, 0.1) is 18.5 Å². The molecule has 7 heteroatoms. The number of ether oxygens (including phenoxy) is 1. The molecule has 0 aliphatic rings. The van der Waals surface area contributed by atoms with Crippen molar-refractivity contribution >= 4 is 37.3 Å². The van der Waals surface area contributed by atoms with E-state index in [1.807, 2.05) is 0 Å². The molecule has 0 aliphatic carbocycles. The Bertz CT molecular complexity index is 748. The maximum atomic E-state index is 12.5. The summed E-state index contributed by atoms with van der Waals surface area (Å²) in [6.45, 7) is 0. The van der Waals surface area contributed by atoms with Crippen molar-refractivity contribution in [1.82, 2.24) is 0 Å². The predicted octanol–water partition coefficient (Wildman–Crippen LogP) is 3.30. The van der Waals surface area contributed by atoms with Crippen molar-refractivity contribution in [1.29, 1.82) is 0 Å². The highest BCUT2D eigenvalue weighted by Crippen LogP contribution is 2.30. The van der Waals surface area contributed by atoms with Crippen LogP contribution in [0, 0.1) is 0 Å². The number of sulfonamides is 1. The van der Waals surface area contributed by atoms with E-state index in [-0.39, 0.29) is 4.90 Å². The molecule has 0 saturated heterocycles. The molecule has 5 nitrogen and oxygen atoms in total. The van der Waals surface area contributed by atoms with Crippen molar-refractivity contribution in [3.63, 3.8) is 0 Å². The average molecular weight is 371 g/mol. The van der Waals surface area contributed by atoms with Crippen molar-refractivity contribution in [2.45, 2.75) is 4.90 Å². The molecular formula is C14H15BrN2O3S. The number of benzene rings is 2. The number of hydrogen-bond acceptors (Lipinski definition) is 4. The van der Waals surface area contributed by atoms with Crippen LogP contribution in [0.5, 0.6) is 5.75 Å². The van der Waals surface area contributed by atoms with Gasteiger partial charge in [0.1, 0.15) is 10.6 Å². The monoisotopic (exact) mass is 370 g/mol. The van der Waals surface area contributed by atoms with E-state index in [0.29, 0.717) is 21.6 Å². The molecule has 0 atom stereocenters. The van der Waals surface area contributed by atoms with Crippen LogP contribution in [0.4, 0.5) is 11.4 Å². The lowest BCUT2D eigenvalue weighted by molar-refractivity contribution is 0.415. The lowest BCUT2D eigenvalue weighted by Crippen LogP contribution is -2.15. The third-order valence-electron chi connectivity index (χ3n) is 2.86. The topological polar surface area (TPSA) is 67.4 Å². The maximum absolute atomic E-state index is 12.5. The van der Waals surface area contributed by atoms with Gasteiger partial charge < -0.3 is 10.1 Å². The van der Waals surface area contributed by atoms with Gasteiger partial charge in [0.2, 0.25) is 0 Å².